The van der Waals surface area contributed by atoms with Crippen molar-refractivity contribution in [2.75, 3.05) is 11.9 Å². The second kappa shape index (κ2) is 7.68. The molecule has 0 aliphatic heterocycles. The lowest BCUT2D eigenvalue weighted by Gasteiger charge is -2.10. The first kappa shape index (κ1) is 17.6. The summed E-state index contributed by atoms with van der Waals surface area (Å²) in [4.78, 5) is 23.7. The molecular formula is C16H12Cl3NO3. The molecule has 0 heterocycles. The zero-order chi connectivity index (χ0) is 17.0. The van der Waals surface area contributed by atoms with Crippen molar-refractivity contribution in [1.29, 1.82) is 0 Å². The smallest absolute Gasteiger partial charge is 0.338 e. The van der Waals surface area contributed by atoms with Crippen LogP contribution in [0.2, 0.25) is 15.1 Å². The van der Waals surface area contributed by atoms with Crippen molar-refractivity contribution >= 4 is 52.4 Å². The molecule has 1 amide bonds. The zero-order valence-electron chi connectivity index (χ0n) is 12.0. The van der Waals surface area contributed by atoms with Crippen molar-refractivity contribution in [2.24, 2.45) is 0 Å². The van der Waals surface area contributed by atoms with Crippen LogP contribution in [0, 0.1) is 6.92 Å². The van der Waals surface area contributed by atoms with Crippen LogP contribution in [0.5, 0.6) is 0 Å². The third kappa shape index (κ3) is 4.86. The highest BCUT2D eigenvalue weighted by atomic mass is 35.5. The van der Waals surface area contributed by atoms with E-state index in [9.17, 15) is 9.59 Å². The van der Waals surface area contributed by atoms with Gasteiger partial charge in [-0.1, -0.05) is 40.9 Å². The fourth-order valence-electron chi connectivity index (χ4n) is 1.82. The average Bonchev–Trinajstić information content (AvgIpc) is 2.48. The molecule has 0 spiro atoms. The van der Waals surface area contributed by atoms with Crippen LogP contribution in [0.3, 0.4) is 0 Å². The molecule has 0 radical (unpaired) electrons. The van der Waals surface area contributed by atoms with Gasteiger partial charge in [-0.3, -0.25) is 4.79 Å². The van der Waals surface area contributed by atoms with Crippen molar-refractivity contribution < 1.29 is 14.3 Å². The van der Waals surface area contributed by atoms with Crippen LogP contribution >= 0.6 is 34.8 Å². The monoisotopic (exact) mass is 371 g/mol. The molecule has 0 aliphatic carbocycles. The van der Waals surface area contributed by atoms with Gasteiger partial charge in [0.2, 0.25) is 0 Å². The number of halogens is 3. The number of carbonyl (C=O) groups is 2. The van der Waals surface area contributed by atoms with Crippen LogP contribution in [-0.2, 0) is 9.53 Å². The molecule has 7 heteroatoms. The van der Waals surface area contributed by atoms with E-state index < -0.39 is 18.5 Å². The molecule has 0 atom stereocenters. The number of carbonyl (C=O) groups excluding carboxylic acids is 2. The predicted octanol–water partition coefficient (Wildman–Crippen LogP) is 4.75. The summed E-state index contributed by atoms with van der Waals surface area (Å²) in [5.74, 6) is -1.16. The van der Waals surface area contributed by atoms with Crippen LogP contribution in [0.25, 0.3) is 0 Å². The number of rotatable bonds is 4. The maximum atomic E-state index is 11.9. The number of ether oxygens (including phenoxy) is 1. The second-order valence-electron chi connectivity index (χ2n) is 4.69. The Morgan fingerprint density at radius 1 is 1.09 bits per heavy atom. The number of hydrogen-bond donors (Lipinski definition) is 1. The molecule has 1 N–H and O–H groups in total. The van der Waals surface area contributed by atoms with Gasteiger partial charge in [0, 0.05) is 20.8 Å². The van der Waals surface area contributed by atoms with E-state index in [4.69, 9.17) is 39.5 Å². The minimum Gasteiger partial charge on any atom is -0.452 e. The van der Waals surface area contributed by atoms with Crippen LogP contribution in [0.15, 0.2) is 36.4 Å². The molecule has 23 heavy (non-hydrogen) atoms. The summed E-state index contributed by atoms with van der Waals surface area (Å²) in [6, 6.07) is 9.45. The topological polar surface area (TPSA) is 55.4 Å². The first-order valence-electron chi connectivity index (χ1n) is 6.55. The van der Waals surface area contributed by atoms with Crippen LogP contribution in [0.4, 0.5) is 5.69 Å². The molecule has 2 aromatic carbocycles. The number of nitrogens with one attached hydrogen (secondary N) is 1. The molecule has 0 aliphatic rings. The molecule has 0 bridgehead atoms. The Morgan fingerprint density at radius 2 is 1.74 bits per heavy atom. The summed E-state index contributed by atoms with van der Waals surface area (Å²) < 4.78 is 4.94. The molecule has 2 aromatic rings. The van der Waals surface area contributed by atoms with Crippen molar-refractivity contribution in [3.63, 3.8) is 0 Å². The van der Waals surface area contributed by atoms with Gasteiger partial charge in [-0.15, -0.1) is 0 Å². The number of benzene rings is 2. The fraction of sp³-hybridized carbons (Fsp3) is 0.125. The lowest BCUT2D eigenvalue weighted by Crippen LogP contribution is -2.21. The average molecular weight is 373 g/mol. The van der Waals surface area contributed by atoms with Gasteiger partial charge in [-0.25, -0.2) is 4.79 Å². The minimum absolute atomic E-state index is 0.175. The Hall–Kier alpha value is -1.75. The van der Waals surface area contributed by atoms with Gasteiger partial charge in [0.15, 0.2) is 6.61 Å². The maximum absolute atomic E-state index is 11.9. The van der Waals surface area contributed by atoms with Gasteiger partial charge in [-0.05, 0) is 42.8 Å². The van der Waals surface area contributed by atoms with Gasteiger partial charge in [0.1, 0.15) is 0 Å². The van der Waals surface area contributed by atoms with E-state index in [0.29, 0.717) is 20.8 Å². The molecule has 2 rings (SSSR count). The van der Waals surface area contributed by atoms with E-state index >= 15 is 0 Å². The van der Waals surface area contributed by atoms with Gasteiger partial charge in [0.05, 0.1) is 5.56 Å². The standard InChI is InChI=1S/C16H12Cl3NO3/c1-9-13(19)3-2-4-14(9)20-15(21)8-23-16(22)10-5-11(17)7-12(18)6-10/h2-7H,8H2,1H3,(H,20,21). The largest absolute Gasteiger partial charge is 0.452 e. The molecule has 0 unspecified atom stereocenters. The molecular weight excluding hydrogens is 361 g/mol. The Bertz CT molecular complexity index is 742. The summed E-state index contributed by atoms with van der Waals surface area (Å²) in [5, 5.41) is 3.78. The SMILES string of the molecule is Cc1c(Cl)cccc1NC(=O)COC(=O)c1cc(Cl)cc(Cl)c1. The lowest BCUT2D eigenvalue weighted by atomic mass is 10.2. The predicted molar refractivity (Wildman–Crippen MR) is 91.6 cm³/mol. The fourth-order valence-corrected chi connectivity index (χ4v) is 2.52. The third-order valence-electron chi connectivity index (χ3n) is 2.97. The number of esters is 1. The number of anilines is 1. The third-order valence-corrected chi connectivity index (χ3v) is 3.82. The van der Waals surface area contributed by atoms with E-state index in [1.165, 1.54) is 18.2 Å². The highest BCUT2D eigenvalue weighted by Gasteiger charge is 2.13. The summed E-state index contributed by atoms with van der Waals surface area (Å²) in [6.07, 6.45) is 0. The summed E-state index contributed by atoms with van der Waals surface area (Å²) in [6.45, 7) is 1.34. The highest BCUT2D eigenvalue weighted by molar-refractivity contribution is 6.35. The summed E-state index contributed by atoms with van der Waals surface area (Å²) in [5.41, 5.74) is 1.47. The van der Waals surface area contributed by atoms with Crippen LogP contribution in [-0.4, -0.2) is 18.5 Å². The van der Waals surface area contributed by atoms with Crippen LogP contribution in [0.1, 0.15) is 15.9 Å². The molecule has 120 valence electrons. The normalized spacial score (nSPS) is 10.3. The lowest BCUT2D eigenvalue weighted by molar-refractivity contribution is -0.119. The van der Waals surface area contributed by atoms with E-state index in [1.807, 2.05) is 0 Å². The highest BCUT2D eigenvalue weighted by Crippen LogP contribution is 2.23. The number of hydrogen-bond acceptors (Lipinski definition) is 3. The Labute approximate surface area is 148 Å². The Balaban J connectivity index is 1.96. The van der Waals surface area contributed by atoms with Crippen molar-refractivity contribution in [2.45, 2.75) is 6.92 Å². The van der Waals surface area contributed by atoms with Crippen molar-refractivity contribution in [3.8, 4) is 0 Å². The minimum atomic E-state index is -0.688. The maximum Gasteiger partial charge on any atom is 0.338 e. The van der Waals surface area contributed by atoms with E-state index in [2.05, 4.69) is 5.32 Å². The van der Waals surface area contributed by atoms with Gasteiger partial charge in [-0.2, -0.15) is 0 Å². The van der Waals surface area contributed by atoms with Crippen molar-refractivity contribution in [1.82, 2.24) is 0 Å². The Kier molecular flexibility index (Phi) is 5.88. The first-order valence-corrected chi connectivity index (χ1v) is 7.68. The molecule has 0 aromatic heterocycles. The van der Waals surface area contributed by atoms with Crippen molar-refractivity contribution in [3.05, 3.63) is 62.6 Å². The van der Waals surface area contributed by atoms with Crippen LogP contribution < -0.4 is 5.32 Å². The molecule has 4 nitrogen and oxygen atoms in total. The molecule has 0 saturated heterocycles. The summed E-state index contributed by atoms with van der Waals surface area (Å²) in [7, 11) is 0. The first-order chi connectivity index (χ1) is 10.9. The zero-order valence-corrected chi connectivity index (χ0v) is 14.3. The van der Waals surface area contributed by atoms with Gasteiger partial charge in [0.25, 0.3) is 5.91 Å². The second-order valence-corrected chi connectivity index (χ2v) is 5.97. The van der Waals surface area contributed by atoms with Gasteiger partial charge >= 0.3 is 5.97 Å². The van der Waals surface area contributed by atoms with E-state index in [1.54, 1.807) is 25.1 Å². The Morgan fingerprint density at radius 3 is 2.39 bits per heavy atom. The number of amides is 1. The summed E-state index contributed by atoms with van der Waals surface area (Å²) >= 11 is 17.6. The van der Waals surface area contributed by atoms with E-state index in [0.717, 1.165) is 5.56 Å². The van der Waals surface area contributed by atoms with Gasteiger partial charge < -0.3 is 10.1 Å². The quantitative estimate of drug-likeness (QED) is 0.788. The molecule has 0 fully saturated rings. The van der Waals surface area contributed by atoms with E-state index in [-0.39, 0.29) is 5.56 Å². The molecule has 0 saturated carbocycles.